The summed E-state index contributed by atoms with van der Waals surface area (Å²) in [5, 5.41) is 1.68. The van der Waals surface area contributed by atoms with E-state index in [0.717, 1.165) is 27.0 Å². The van der Waals surface area contributed by atoms with Crippen molar-refractivity contribution in [2.24, 2.45) is 0 Å². The topological polar surface area (TPSA) is 42.2 Å². The van der Waals surface area contributed by atoms with Crippen molar-refractivity contribution in [3.8, 4) is 0 Å². The lowest BCUT2D eigenvalue weighted by Crippen LogP contribution is -2.07. The van der Waals surface area contributed by atoms with Crippen LogP contribution in [0.5, 0.6) is 0 Å². The average molecular weight is 268 g/mol. The highest BCUT2D eigenvalue weighted by atomic mass is 35.5. The van der Waals surface area contributed by atoms with Crippen LogP contribution in [0.25, 0.3) is 0 Å². The zero-order valence-corrected chi connectivity index (χ0v) is 11.3. The van der Waals surface area contributed by atoms with Crippen LogP contribution in [-0.4, -0.2) is 19.1 Å². The molecule has 1 heterocycles. The van der Waals surface area contributed by atoms with Gasteiger partial charge < -0.3 is 10.6 Å². The summed E-state index contributed by atoms with van der Waals surface area (Å²) in [4.78, 5) is 7.36. The Morgan fingerprint density at radius 3 is 2.76 bits per heavy atom. The zero-order chi connectivity index (χ0) is 12.4. The fraction of sp³-hybridized carbons (Fsp3) is 0.250. The average Bonchev–Trinajstić information content (AvgIpc) is 2.61. The second-order valence-electron chi connectivity index (χ2n) is 4.01. The molecule has 0 radical (unpaired) electrons. The van der Waals surface area contributed by atoms with Gasteiger partial charge in [0.2, 0.25) is 0 Å². The molecule has 0 fully saturated rings. The highest BCUT2D eigenvalue weighted by molar-refractivity contribution is 7.16. The summed E-state index contributed by atoms with van der Waals surface area (Å²) in [5.74, 6) is 0.610. The summed E-state index contributed by atoms with van der Waals surface area (Å²) < 4.78 is 0. The van der Waals surface area contributed by atoms with E-state index in [1.807, 2.05) is 43.3 Å². The molecule has 1 aromatic heterocycles. The Kier molecular flexibility index (Phi) is 3.54. The van der Waals surface area contributed by atoms with Crippen molar-refractivity contribution in [2.75, 3.05) is 24.7 Å². The van der Waals surface area contributed by atoms with E-state index in [0.29, 0.717) is 5.82 Å². The van der Waals surface area contributed by atoms with Crippen molar-refractivity contribution >= 4 is 33.9 Å². The molecule has 2 aromatic rings. The van der Waals surface area contributed by atoms with Gasteiger partial charge >= 0.3 is 0 Å². The third-order valence-corrected chi connectivity index (χ3v) is 3.83. The largest absolute Gasteiger partial charge is 0.383 e. The van der Waals surface area contributed by atoms with E-state index in [9.17, 15) is 0 Å². The lowest BCUT2D eigenvalue weighted by molar-refractivity contribution is 1.10. The number of anilines is 2. The Labute approximate surface area is 110 Å². The van der Waals surface area contributed by atoms with Crippen LogP contribution >= 0.6 is 22.9 Å². The summed E-state index contributed by atoms with van der Waals surface area (Å²) in [6.07, 6.45) is 0.776. The number of aromatic nitrogens is 1. The first-order valence-electron chi connectivity index (χ1n) is 5.23. The fourth-order valence-corrected chi connectivity index (χ4v) is 2.65. The molecule has 17 heavy (non-hydrogen) atoms. The second-order valence-corrected chi connectivity index (χ2v) is 5.50. The summed E-state index contributed by atoms with van der Waals surface area (Å²) in [6, 6.07) is 7.81. The van der Waals surface area contributed by atoms with Gasteiger partial charge in [-0.3, -0.25) is 0 Å². The van der Waals surface area contributed by atoms with Crippen molar-refractivity contribution in [3.63, 3.8) is 0 Å². The van der Waals surface area contributed by atoms with Gasteiger partial charge in [0.25, 0.3) is 0 Å². The van der Waals surface area contributed by atoms with Gasteiger partial charge in [0.15, 0.2) is 5.13 Å². The van der Waals surface area contributed by atoms with Gasteiger partial charge in [-0.2, -0.15) is 0 Å². The smallest absolute Gasteiger partial charge is 0.187 e. The Bertz CT molecular complexity index is 522. The Hall–Kier alpha value is -1.26. The molecule has 0 atom stereocenters. The van der Waals surface area contributed by atoms with Gasteiger partial charge in [-0.25, -0.2) is 4.98 Å². The molecular formula is C12H14ClN3S. The number of benzene rings is 1. The van der Waals surface area contributed by atoms with E-state index in [1.165, 1.54) is 0 Å². The number of hydrogen-bond acceptors (Lipinski definition) is 4. The first-order chi connectivity index (χ1) is 8.06. The summed E-state index contributed by atoms with van der Waals surface area (Å²) in [5.41, 5.74) is 7.06. The van der Waals surface area contributed by atoms with E-state index in [4.69, 9.17) is 17.3 Å². The minimum Gasteiger partial charge on any atom is -0.383 e. The molecule has 90 valence electrons. The summed E-state index contributed by atoms with van der Waals surface area (Å²) in [7, 11) is 3.92. The molecule has 0 saturated carbocycles. The Morgan fingerprint density at radius 1 is 1.41 bits per heavy atom. The van der Waals surface area contributed by atoms with E-state index in [1.54, 1.807) is 11.3 Å². The van der Waals surface area contributed by atoms with Crippen LogP contribution in [0.4, 0.5) is 10.9 Å². The number of nitrogen functional groups attached to an aromatic ring is 1. The molecular weight excluding hydrogens is 254 g/mol. The molecule has 0 aliphatic heterocycles. The first-order valence-corrected chi connectivity index (χ1v) is 6.42. The van der Waals surface area contributed by atoms with E-state index >= 15 is 0 Å². The minimum atomic E-state index is 0.610. The van der Waals surface area contributed by atoms with Crippen molar-refractivity contribution in [1.29, 1.82) is 0 Å². The maximum absolute atomic E-state index is 5.95. The molecule has 0 unspecified atom stereocenters. The molecule has 1 aromatic carbocycles. The number of rotatable bonds is 3. The molecule has 5 heteroatoms. The lowest BCUT2D eigenvalue weighted by atomic mass is 10.1. The number of hydrogen-bond donors (Lipinski definition) is 1. The quantitative estimate of drug-likeness (QED) is 0.929. The van der Waals surface area contributed by atoms with Crippen LogP contribution in [0.2, 0.25) is 5.02 Å². The summed E-state index contributed by atoms with van der Waals surface area (Å²) in [6.45, 7) is 0. The highest BCUT2D eigenvalue weighted by Crippen LogP contribution is 2.29. The first kappa shape index (κ1) is 12.2. The van der Waals surface area contributed by atoms with Gasteiger partial charge in [-0.15, -0.1) is 0 Å². The van der Waals surface area contributed by atoms with Gasteiger partial charge in [0.05, 0.1) is 4.88 Å². The fourth-order valence-electron chi connectivity index (χ4n) is 1.50. The van der Waals surface area contributed by atoms with Crippen molar-refractivity contribution in [3.05, 3.63) is 39.7 Å². The van der Waals surface area contributed by atoms with E-state index in [2.05, 4.69) is 4.98 Å². The van der Waals surface area contributed by atoms with Gasteiger partial charge in [-0.05, 0) is 17.7 Å². The van der Waals surface area contributed by atoms with Crippen LogP contribution in [-0.2, 0) is 6.42 Å². The molecule has 2 N–H and O–H groups in total. The summed E-state index contributed by atoms with van der Waals surface area (Å²) >= 11 is 7.57. The normalized spacial score (nSPS) is 10.5. The molecule has 3 nitrogen and oxygen atoms in total. The molecule has 0 saturated heterocycles. The lowest BCUT2D eigenvalue weighted by Gasteiger charge is -2.05. The number of nitrogens with zero attached hydrogens (tertiary/aromatic N) is 2. The van der Waals surface area contributed by atoms with Gasteiger partial charge in [0, 0.05) is 25.5 Å². The second kappa shape index (κ2) is 4.94. The minimum absolute atomic E-state index is 0.610. The third kappa shape index (κ3) is 2.90. The molecule has 0 amide bonds. The van der Waals surface area contributed by atoms with Gasteiger partial charge in [0.1, 0.15) is 5.82 Å². The highest BCUT2D eigenvalue weighted by Gasteiger charge is 2.10. The predicted molar refractivity (Wildman–Crippen MR) is 75.1 cm³/mol. The number of nitrogens with two attached hydrogens (primary N) is 1. The number of halogens is 1. The van der Waals surface area contributed by atoms with Crippen molar-refractivity contribution in [1.82, 2.24) is 4.98 Å². The predicted octanol–water partition coefficient (Wildman–Crippen LogP) is 3.04. The zero-order valence-electron chi connectivity index (χ0n) is 9.77. The van der Waals surface area contributed by atoms with Crippen molar-refractivity contribution in [2.45, 2.75) is 6.42 Å². The van der Waals surface area contributed by atoms with Crippen LogP contribution in [0, 0.1) is 0 Å². The molecule has 2 rings (SSSR count). The third-order valence-electron chi connectivity index (χ3n) is 2.35. The maximum Gasteiger partial charge on any atom is 0.187 e. The van der Waals surface area contributed by atoms with E-state index < -0.39 is 0 Å². The molecule has 0 bridgehead atoms. The van der Waals surface area contributed by atoms with Crippen LogP contribution in [0.3, 0.4) is 0 Å². The molecule has 0 aliphatic rings. The SMILES string of the molecule is CN(C)c1nc(N)c(Cc2cccc(Cl)c2)s1. The van der Waals surface area contributed by atoms with Crippen LogP contribution < -0.4 is 10.6 Å². The Morgan fingerprint density at radius 2 is 2.18 bits per heavy atom. The van der Waals surface area contributed by atoms with Crippen molar-refractivity contribution < 1.29 is 0 Å². The number of thiazole rings is 1. The maximum atomic E-state index is 5.95. The standard InChI is InChI=1S/C12H14ClN3S/c1-16(2)12-15-11(14)10(17-12)7-8-4-3-5-9(13)6-8/h3-6H,7,14H2,1-2H3. The van der Waals surface area contributed by atoms with Crippen LogP contribution in [0.1, 0.15) is 10.4 Å². The molecule has 0 aliphatic carbocycles. The molecule has 0 spiro atoms. The Balaban J connectivity index is 2.24. The van der Waals surface area contributed by atoms with Gasteiger partial charge in [-0.1, -0.05) is 35.1 Å². The monoisotopic (exact) mass is 267 g/mol. The van der Waals surface area contributed by atoms with Crippen LogP contribution in [0.15, 0.2) is 24.3 Å². The van der Waals surface area contributed by atoms with E-state index in [-0.39, 0.29) is 0 Å².